The zero-order chi connectivity index (χ0) is 19.7. The monoisotopic (exact) mass is 374 g/mol. The number of carbonyl (C=O) groups is 2. The van der Waals surface area contributed by atoms with Crippen molar-refractivity contribution >= 4 is 12.1 Å². The molecule has 3 N–H and O–H groups in total. The van der Waals surface area contributed by atoms with Gasteiger partial charge in [-0.05, 0) is 34.6 Å². The van der Waals surface area contributed by atoms with Crippen molar-refractivity contribution in [1.29, 1.82) is 0 Å². The van der Waals surface area contributed by atoms with Crippen LogP contribution in [0.2, 0.25) is 0 Å². The maximum absolute atomic E-state index is 11.9. The number of esters is 1. The molecule has 2 aliphatic rings. The highest BCUT2D eigenvalue weighted by Gasteiger charge is 2.56. The lowest BCUT2D eigenvalue weighted by Gasteiger charge is -2.27. The van der Waals surface area contributed by atoms with Crippen LogP contribution in [0.3, 0.4) is 0 Å². The minimum absolute atomic E-state index is 0.000387. The number of hydrogen-bond donors (Lipinski definition) is 2. The number of methoxy groups -OCH3 is 1. The van der Waals surface area contributed by atoms with E-state index in [2.05, 4.69) is 10.1 Å². The van der Waals surface area contributed by atoms with Crippen molar-refractivity contribution in [3.8, 4) is 0 Å². The molecule has 2 heterocycles. The number of carbonyl (C=O) groups excluding carboxylic acids is 2. The van der Waals surface area contributed by atoms with Gasteiger partial charge >= 0.3 is 12.1 Å². The van der Waals surface area contributed by atoms with Gasteiger partial charge in [0.05, 0.1) is 13.5 Å². The number of hydrogen-bond acceptors (Lipinski definition) is 8. The summed E-state index contributed by atoms with van der Waals surface area (Å²) in [6.07, 6.45) is -2.41. The van der Waals surface area contributed by atoms with Crippen LogP contribution in [0.15, 0.2) is 0 Å². The highest BCUT2D eigenvalue weighted by atomic mass is 16.8. The van der Waals surface area contributed by atoms with E-state index in [0.717, 1.165) is 0 Å². The highest BCUT2D eigenvalue weighted by Crippen LogP contribution is 2.39. The molecule has 9 nitrogen and oxygen atoms in total. The molecule has 0 bridgehead atoms. The quantitative estimate of drug-likeness (QED) is 0.675. The predicted octanol–water partition coefficient (Wildman–Crippen LogP) is 0.689. The first-order valence-corrected chi connectivity index (χ1v) is 8.72. The fraction of sp³-hybridized carbons (Fsp3) is 0.882. The number of rotatable bonds is 5. The lowest BCUT2D eigenvalue weighted by atomic mass is 10.0. The lowest BCUT2D eigenvalue weighted by Crippen LogP contribution is -2.45. The first-order valence-electron chi connectivity index (χ1n) is 8.72. The van der Waals surface area contributed by atoms with Gasteiger partial charge in [0.1, 0.15) is 30.0 Å². The van der Waals surface area contributed by atoms with E-state index in [1.165, 1.54) is 7.11 Å². The lowest BCUT2D eigenvalue weighted by molar-refractivity contribution is -0.188. The van der Waals surface area contributed by atoms with Gasteiger partial charge < -0.3 is 34.7 Å². The molecule has 0 aromatic rings. The average Bonchev–Trinajstić information content (AvgIpc) is 2.96. The van der Waals surface area contributed by atoms with Crippen molar-refractivity contribution in [1.82, 2.24) is 5.32 Å². The highest BCUT2D eigenvalue weighted by molar-refractivity contribution is 5.70. The molecule has 5 atom stereocenters. The van der Waals surface area contributed by atoms with Crippen LogP contribution in [-0.2, 0) is 28.5 Å². The van der Waals surface area contributed by atoms with Gasteiger partial charge in [-0.25, -0.2) is 4.79 Å². The maximum Gasteiger partial charge on any atom is 0.407 e. The van der Waals surface area contributed by atoms with Crippen LogP contribution in [0.4, 0.5) is 4.79 Å². The largest absolute Gasteiger partial charge is 0.469 e. The van der Waals surface area contributed by atoms with Crippen molar-refractivity contribution in [3.05, 3.63) is 0 Å². The third-order valence-electron chi connectivity index (χ3n) is 4.08. The van der Waals surface area contributed by atoms with Crippen LogP contribution in [0.25, 0.3) is 0 Å². The Kier molecular flexibility index (Phi) is 6.17. The number of ether oxygens (including phenoxy) is 5. The number of nitrogens with two attached hydrogens (primary N) is 1. The number of nitrogens with one attached hydrogen (secondary N) is 1. The smallest absolute Gasteiger partial charge is 0.407 e. The van der Waals surface area contributed by atoms with E-state index < -0.39 is 53.9 Å². The van der Waals surface area contributed by atoms with Gasteiger partial charge in [-0.15, -0.1) is 0 Å². The zero-order valence-corrected chi connectivity index (χ0v) is 16.2. The van der Waals surface area contributed by atoms with Crippen LogP contribution >= 0.6 is 0 Å². The Hall–Kier alpha value is -1.42. The molecule has 2 fully saturated rings. The van der Waals surface area contributed by atoms with Gasteiger partial charge in [-0.1, -0.05) is 0 Å². The molecule has 1 amide bonds. The number of fused-ring (bicyclic) bond motifs is 1. The van der Waals surface area contributed by atoms with Crippen molar-refractivity contribution in [3.63, 3.8) is 0 Å². The number of alkyl carbamates (subject to hydrolysis) is 1. The van der Waals surface area contributed by atoms with Gasteiger partial charge in [0.15, 0.2) is 5.79 Å². The van der Waals surface area contributed by atoms with Crippen molar-refractivity contribution in [2.45, 2.75) is 82.9 Å². The van der Waals surface area contributed by atoms with E-state index in [1.54, 1.807) is 34.6 Å². The molecular weight excluding hydrogens is 344 g/mol. The molecule has 9 heteroatoms. The molecule has 0 aliphatic carbocycles. The van der Waals surface area contributed by atoms with Crippen LogP contribution in [0.5, 0.6) is 0 Å². The van der Waals surface area contributed by atoms with Gasteiger partial charge in [-0.2, -0.15) is 0 Å². The molecule has 150 valence electrons. The summed E-state index contributed by atoms with van der Waals surface area (Å²) < 4.78 is 27.7. The van der Waals surface area contributed by atoms with Gasteiger partial charge in [0, 0.05) is 12.6 Å². The summed E-state index contributed by atoms with van der Waals surface area (Å²) >= 11 is 0. The second kappa shape index (κ2) is 7.67. The molecule has 2 rings (SSSR count). The molecule has 2 saturated heterocycles. The number of amides is 1. The minimum atomic E-state index is -0.799. The molecule has 0 aromatic carbocycles. The van der Waals surface area contributed by atoms with Gasteiger partial charge in [0.2, 0.25) is 0 Å². The molecule has 0 saturated carbocycles. The third kappa shape index (κ3) is 5.29. The fourth-order valence-corrected chi connectivity index (χ4v) is 3.11. The molecule has 0 radical (unpaired) electrons. The first kappa shape index (κ1) is 20.9. The molecule has 26 heavy (non-hydrogen) atoms. The van der Waals surface area contributed by atoms with Crippen LogP contribution in [0.1, 0.15) is 41.0 Å². The maximum atomic E-state index is 11.9. The summed E-state index contributed by atoms with van der Waals surface area (Å²) in [5.41, 5.74) is 5.53. The van der Waals surface area contributed by atoms with E-state index >= 15 is 0 Å². The summed E-state index contributed by atoms with van der Waals surface area (Å²) in [4.78, 5) is 23.4. The Morgan fingerprint density at radius 3 is 2.42 bits per heavy atom. The summed E-state index contributed by atoms with van der Waals surface area (Å²) in [6, 6.07) is -0.612. The average molecular weight is 374 g/mol. The molecular formula is C17H30N2O7. The Balaban J connectivity index is 2.01. The second-order valence-electron chi connectivity index (χ2n) is 8.03. The second-order valence-corrected chi connectivity index (χ2v) is 8.03. The van der Waals surface area contributed by atoms with Crippen molar-refractivity contribution in [2.75, 3.05) is 13.7 Å². The molecule has 0 spiro atoms. The zero-order valence-electron chi connectivity index (χ0n) is 16.2. The molecule has 2 aliphatic heterocycles. The van der Waals surface area contributed by atoms with Crippen molar-refractivity contribution < 1.29 is 33.3 Å². The van der Waals surface area contributed by atoms with Gasteiger partial charge in [-0.3, -0.25) is 4.79 Å². The Morgan fingerprint density at radius 1 is 1.23 bits per heavy atom. The summed E-state index contributed by atoms with van der Waals surface area (Å²) in [5.74, 6) is -1.22. The van der Waals surface area contributed by atoms with E-state index in [9.17, 15) is 9.59 Å². The third-order valence-corrected chi connectivity index (χ3v) is 4.08. The Bertz CT molecular complexity index is 532. The van der Waals surface area contributed by atoms with E-state index in [4.69, 9.17) is 24.7 Å². The van der Waals surface area contributed by atoms with Crippen LogP contribution < -0.4 is 11.1 Å². The van der Waals surface area contributed by atoms with E-state index in [1.807, 2.05) is 0 Å². The standard InChI is InChI=1S/C17H30N2O7/c1-16(2,3)26-15(21)19-8-10-13-14(25-17(4,5)24-13)12(23-10)9(18)7-11(20)22-6/h9-10,12-14H,7-8,18H2,1-6H3,(H,19,21)/t9-,10+,12+,13+,14-/m0/s1. The predicted molar refractivity (Wildman–Crippen MR) is 91.3 cm³/mol. The normalized spacial score (nSPS) is 31.2. The van der Waals surface area contributed by atoms with E-state index in [0.29, 0.717) is 0 Å². The SMILES string of the molecule is COC(=O)C[C@H](N)[C@H]1O[C@H](CNC(=O)OC(C)(C)C)[C@H]2OC(C)(C)O[C@@H]12. The first-order chi connectivity index (χ1) is 11.9. The fourth-order valence-electron chi connectivity index (χ4n) is 3.11. The Labute approximate surface area is 153 Å². The van der Waals surface area contributed by atoms with Crippen molar-refractivity contribution in [2.24, 2.45) is 5.73 Å². The molecule has 0 aromatic heterocycles. The topological polar surface area (TPSA) is 118 Å². The van der Waals surface area contributed by atoms with Gasteiger partial charge in [0.25, 0.3) is 0 Å². The van der Waals surface area contributed by atoms with Crippen LogP contribution in [-0.4, -0.2) is 67.6 Å². The minimum Gasteiger partial charge on any atom is -0.469 e. The van der Waals surface area contributed by atoms with Crippen LogP contribution in [0, 0.1) is 0 Å². The van der Waals surface area contributed by atoms with E-state index in [-0.39, 0.29) is 13.0 Å². The molecule has 0 unspecified atom stereocenters. The summed E-state index contributed by atoms with van der Waals surface area (Å²) in [7, 11) is 1.30. The summed E-state index contributed by atoms with van der Waals surface area (Å²) in [5, 5.41) is 2.68. The Morgan fingerprint density at radius 2 is 1.85 bits per heavy atom. The summed E-state index contributed by atoms with van der Waals surface area (Å²) in [6.45, 7) is 9.13.